The fourth-order valence-corrected chi connectivity index (χ4v) is 2.60. The molecule has 0 aliphatic carbocycles. The van der Waals surface area contributed by atoms with Gasteiger partial charge in [0.1, 0.15) is 5.75 Å². The third-order valence-corrected chi connectivity index (χ3v) is 4.07. The molecule has 1 atom stereocenters. The molecular weight excluding hydrogens is 234 g/mol. The number of nitrogens with two attached hydrogens (primary N) is 1. The topological polar surface area (TPSA) is 35.2 Å². The number of halogens is 1. The van der Waals surface area contributed by atoms with E-state index in [1.807, 2.05) is 6.92 Å². The van der Waals surface area contributed by atoms with Crippen LogP contribution in [0.25, 0.3) is 0 Å². The summed E-state index contributed by atoms with van der Waals surface area (Å²) in [6.45, 7) is 8.99. The van der Waals surface area contributed by atoms with Crippen molar-refractivity contribution in [1.29, 1.82) is 0 Å². The van der Waals surface area contributed by atoms with Crippen LogP contribution in [0, 0.1) is 20.8 Å². The monoisotopic (exact) mass is 255 g/mol. The minimum Gasteiger partial charge on any atom is -0.496 e. The zero-order valence-corrected chi connectivity index (χ0v) is 12.1. The Kier molecular flexibility index (Phi) is 4.84. The van der Waals surface area contributed by atoms with Crippen molar-refractivity contribution < 1.29 is 4.74 Å². The number of hydrogen-bond acceptors (Lipinski definition) is 2. The first-order valence-electron chi connectivity index (χ1n) is 5.98. The van der Waals surface area contributed by atoms with E-state index in [2.05, 4.69) is 20.8 Å². The SMILES string of the molecule is COc1c(C)c(C)c(Cl)c(C)c1C(C)CCN. The summed E-state index contributed by atoms with van der Waals surface area (Å²) in [5.74, 6) is 1.33. The smallest absolute Gasteiger partial charge is 0.125 e. The maximum atomic E-state index is 6.37. The molecule has 1 unspecified atom stereocenters. The molecular formula is C14H22ClNO. The van der Waals surface area contributed by atoms with Gasteiger partial charge in [0.25, 0.3) is 0 Å². The van der Waals surface area contributed by atoms with Crippen LogP contribution in [0.1, 0.15) is 41.5 Å². The van der Waals surface area contributed by atoms with Crippen LogP contribution in [0.5, 0.6) is 5.75 Å². The maximum absolute atomic E-state index is 6.37. The van der Waals surface area contributed by atoms with Gasteiger partial charge in [-0.2, -0.15) is 0 Å². The Labute approximate surface area is 109 Å². The fraction of sp³-hybridized carbons (Fsp3) is 0.571. The first kappa shape index (κ1) is 14.3. The molecule has 2 nitrogen and oxygen atoms in total. The van der Waals surface area contributed by atoms with Crippen molar-refractivity contribution in [2.45, 2.75) is 40.0 Å². The van der Waals surface area contributed by atoms with Crippen LogP contribution in [0.2, 0.25) is 5.02 Å². The van der Waals surface area contributed by atoms with Gasteiger partial charge in [0.15, 0.2) is 0 Å². The molecule has 0 radical (unpaired) electrons. The molecule has 0 spiro atoms. The van der Waals surface area contributed by atoms with Gasteiger partial charge < -0.3 is 10.5 Å². The molecule has 1 aromatic rings. The van der Waals surface area contributed by atoms with E-state index in [1.165, 1.54) is 5.56 Å². The number of benzene rings is 1. The standard InChI is InChI=1S/C14H22ClNO/c1-8(6-7-16)12-11(4)13(15)9(2)10(3)14(12)17-5/h8H,6-7,16H2,1-5H3. The highest BCUT2D eigenvalue weighted by atomic mass is 35.5. The largest absolute Gasteiger partial charge is 0.496 e. The molecule has 0 amide bonds. The van der Waals surface area contributed by atoms with E-state index in [-0.39, 0.29) is 0 Å². The summed E-state index contributed by atoms with van der Waals surface area (Å²) in [5, 5.41) is 0.849. The van der Waals surface area contributed by atoms with Crippen molar-refractivity contribution in [2.24, 2.45) is 5.73 Å². The Morgan fingerprint density at radius 2 is 1.76 bits per heavy atom. The van der Waals surface area contributed by atoms with E-state index in [1.54, 1.807) is 7.11 Å². The summed E-state index contributed by atoms with van der Waals surface area (Å²) >= 11 is 6.37. The van der Waals surface area contributed by atoms with Gasteiger partial charge in [-0.25, -0.2) is 0 Å². The van der Waals surface area contributed by atoms with E-state index in [0.717, 1.165) is 33.9 Å². The Bertz CT molecular complexity index is 415. The van der Waals surface area contributed by atoms with Gasteiger partial charge in [-0.05, 0) is 56.3 Å². The molecule has 0 aliphatic rings. The molecule has 17 heavy (non-hydrogen) atoms. The molecule has 0 bridgehead atoms. The van der Waals surface area contributed by atoms with Gasteiger partial charge in [0.05, 0.1) is 7.11 Å². The summed E-state index contributed by atoms with van der Waals surface area (Å²) in [5.41, 5.74) is 10.2. The maximum Gasteiger partial charge on any atom is 0.125 e. The lowest BCUT2D eigenvalue weighted by atomic mass is 9.89. The van der Waals surface area contributed by atoms with Crippen LogP contribution < -0.4 is 10.5 Å². The van der Waals surface area contributed by atoms with Gasteiger partial charge in [0.2, 0.25) is 0 Å². The Morgan fingerprint density at radius 3 is 2.24 bits per heavy atom. The molecule has 3 heteroatoms. The zero-order valence-electron chi connectivity index (χ0n) is 11.4. The van der Waals surface area contributed by atoms with Gasteiger partial charge in [-0.1, -0.05) is 18.5 Å². The lowest BCUT2D eigenvalue weighted by molar-refractivity contribution is 0.401. The molecule has 0 aromatic heterocycles. The van der Waals surface area contributed by atoms with Crippen LogP contribution in [0.4, 0.5) is 0 Å². The lowest BCUT2D eigenvalue weighted by Gasteiger charge is -2.22. The molecule has 0 heterocycles. The second-order valence-electron chi connectivity index (χ2n) is 4.61. The van der Waals surface area contributed by atoms with Gasteiger partial charge in [-0.3, -0.25) is 0 Å². The molecule has 0 aliphatic heterocycles. The number of rotatable bonds is 4. The summed E-state index contributed by atoms with van der Waals surface area (Å²) < 4.78 is 5.56. The highest BCUT2D eigenvalue weighted by molar-refractivity contribution is 6.32. The van der Waals surface area contributed by atoms with Gasteiger partial charge in [-0.15, -0.1) is 0 Å². The van der Waals surface area contributed by atoms with Crippen LogP contribution in [0.3, 0.4) is 0 Å². The normalized spacial score (nSPS) is 12.6. The second kappa shape index (κ2) is 5.74. The Morgan fingerprint density at radius 1 is 1.18 bits per heavy atom. The first-order valence-corrected chi connectivity index (χ1v) is 6.36. The first-order chi connectivity index (χ1) is 7.95. The minimum atomic E-state index is 0.367. The van der Waals surface area contributed by atoms with E-state index in [0.29, 0.717) is 12.5 Å². The van der Waals surface area contributed by atoms with Crippen LogP contribution in [-0.2, 0) is 0 Å². The van der Waals surface area contributed by atoms with Gasteiger partial charge in [0, 0.05) is 10.6 Å². The average molecular weight is 256 g/mol. The quantitative estimate of drug-likeness (QED) is 0.890. The van der Waals surface area contributed by atoms with Crippen molar-refractivity contribution >= 4 is 11.6 Å². The van der Waals surface area contributed by atoms with Gasteiger partial charge >= 0.3 is 0 Å². The molecule has 96 valence electrons. The molecule has 1 aromatic carbocycles. The van der Waals surface area contributed by atoms with Crippen molar-refractivity contribution in [3.63, 3.8) is 0 Å². The highest BCUT2D eigenvalue weighted by Crippen LogP contribution is 2.40. The molecule has 0 saturated heterocycles. The summed E-state index contributed by atoms with van der Waals surface area (Å²) in [4.78, 5) is 0. The molecule has 0 fully saturated rings. The third kappa shape index (κ3) is 2.58. The lowest BCUT2D eigenvalue weighted by Crippen LogP contribution is -2.09. The van der Waals surface area contributed by atoms with Crippen LogP contribution in [-0.4, -0.2) is 13.7 Å². The molecule has 0 saturated carbocycles. The number of hydrogen-bond donors (Lipinski definition) is 1. The number of ether oxygens (including phenoxy) is 1. The average Bonchev–Trinajstić information content (AvgIpc) is 2.31. The predicted octanol–water partition coefficient (Wildman–Crippen LogP) is 3.73. The summed E-state index contributed by atoms with van der Waals surface area (Å²) in [6, 6.07) is 0. The van der Waals surface area contributed by atoms with Crippen molar-refractivity contribution in [2.75, 3.05) is 13.7 Å². The minimum absolute atomic E-state index is 0.367. The van der Waals surface area contributed by atoms with E-state index in [4.69, 9.17) is 22.1 Å². The summed E-state index contributed by atoms with van der Waals surface area (Å²) in [7, 11) is 1.72. The molecule has 1 rings (SSSR count). The van der Waals surface area contributed by atoms with E-state index < -0.39 is 0 Å². The predicted molar refractivity (Wildman–Crippen MR) is 74.3 cm³/mol. The zero-order chi connectivity index (χ0) is 13.2. The van der Waals surface area contributed by atoms with Crippen molar-refractivity contribution in [1.82, 2.24) is 0 Å². The second-order valence-corrected chi connectivity index (χ2v) is 4.99. The fourth-order valence-electron chi connectivity index (χ4n) is 2.36. The van der Waals surface area contributed by atoms with E-state index >= 15 is 0 Å². The Hall–Kier alpha value is -0.730. The van der Waals surface area contributed by atoms with E-state index in [9.17, 15) is 0 Å². The molecule has 2 N–H and O–H groups in total. The van der Waals surface area contributed by atoms with Crippen LogP contribution >= 0.6 is 11.6 Å². The Balaban J connectivity index is 3.46. The third-order valence-electron chi connectivity index (χ3n) is 3.51. The van der Waals surface area contributed by atoms with Crippen LogP contribution in [0.15, 0.2) is 0 Å². The summed E-state index contributed by atoms with van der Waals surface area (Å²) in [6.07, 6.45) is 0.941. The van der Waals surface area contributed by atoms with Crippen molar-refractivity contribution in [3.05, 3.63) is 27.3 Å². The highest BCUT2D eigenvalue weighted by Gasteiger charge is 2.20. The number of methoxy groups -OCH3 is 1. The van der Waals surface area contributed by atoms with Crippen molar-refractivity contribution in [3.8, 4) is 5.75 Å².